The summed E-state index contributed by atoms with van der Waals surface area (Å²) in [5.41, 5.74) is 0.440. The Hall–Kier alpha value is -1.72. The average molecular weight is 331 g/mol. The van der Waals surface area contributed by atoms with E-state index in [1.54, 1.807) is 0 Å². The van der Waals surface area contributed by atoms with Gasteiger partial charge in [0.1, 0.15) is 16.8 Å². The molecular formula is C14H10Cl2F2N2O. The second-order valence-electron chi connectivity index (χ2n) is 4.39. The Balaban J connectivity index is 2.17. The number of hydrogen-bond donors (Lipinski definition) is 0. The van der Waals surface area contributed by atoms with Crippen LogP contribution in [0.4, 0.5) is 8.78 Å². The molecule has 1 aromatic carbocycles. The first kappa shape index (κ1) is 15.7. The van der Waals surface area contributed by atoms with Crippen molar-refractivity contribution in [1.82, 2.24) is 9.88 Å². The Morgan fingerprint density at radius 1 is 1.29 bits per heavy atom. The van der Waals surface area contributed by atoms with Crippen molar-refractivity contribution in [2.24, 2.45) is 0 Å². The zero-order chi connectivity index (χ0) is 15.6. The van der Waals surface area contributed by atoms with Crippen molar-refractivity contribution in [3.05, 3.63) is 63.4 Å². The van der Waals surface area contributed by atoms with Crippen molar-refractivity contribution in [2.45, 2.75) is 6.54 Å². The zero-order valence-electron chi connectivity index (χ0n) is 10.9. The van der Waals surface area contributed by atoms with Gasteiger partial charge in [-0.2, -0.15) is 0 Å². The van der Waals surface area contributed by atoms with Gasteiger partial charge < -0.3 is 4.90 Å². The van der Waals surface area contributed by atoms with Gasteiger partial charge in [0.05, 0.1) is 10.6 Å². The highest BCUT2D eigenvalue weighted by Crippen LogP contribution is 2.21. The van der Waals surface area contributed by atoms with Crippen LogP contribution in [-0.2, 0) is 6.54 Å². The van der Waals surface area contributed by atoms with Gasteiger partial charge in [0.15, 0.2) is 0 Å². The van der Waals surface area contributed by atoms with Crippen LogP contribution in [0.5, 0.6) is 0 Å². The van der Waals surface area contributed by atoms with E-state index >= 15 is 0 Å². The Morgan fingerprint density at radius 3 is 2.62 bits per heavy atom. The van der Waals surface area contributed by atoms with E-state index in [0.29, 0.717) is 0 Å². The fourth-order valence-electron chi connectivity index (χ4n) is 1.74. The molecule has 0 aliphatic carbocycles. The monoisotopic (exact) mass is 330 g/mol. The van der Waals surface area contributed by atoms with Crippen molar-refractivity contribution >= 4 is 29.1 Å². The third kappa shape index (κ3) is 3.68. The van der Waals surface area contributed by atoms with Crippen LogP contribution in [-0.4, -0.2) is 22.8 Å². The van der Waals surface area contributed by atoms with Crippen molar-refractivity contribution in [2.75, 3.05) is 7.05 Å². The summed E-state index contributed by atoms with van der Waals surface area (Å²) in [5.74, 6) is -1.77. The lowest BCUT2D eigenvalue weighted by Crippen LogP contribution is -2.26. The maximum absolute atomic E-state index is 13.6. The van der Waals surface area contributed by atoms with Crippen LogP contribution in [0.3, 0.4) is 0 Å². The van der Waals surface area contributed by atoms with Crippen LogP contribution in [0.2, 0.25) is 10.2 Å². The summed E-state index contributed by atoms with van der Waals surface area (Å²) >= 11 is 11.5. The van der Waals surface area contributed by atoms with Gasteiger partial charge in [-0.25, -0.2) is 13.8 Å². The molecule has 0 bridgehead atoms. The molecule has 3 nitrogen and oxygen atoms in total. The molecule has 1 amide bonds. The molecule has 0 unspecified atom stereocenters. The smallest absolute Gasteiger partial charge is 0.255 e. The predicted molar refractivity (Wildman–Crippen MR) is 76.4 cm³/mol. The van der Waals surface area contributed by atoms with Gasteiger partial charge in [-0.1, -0.05) is 29.3 Å². The van der Waals surface area contributed by atoms with E-state index in [2.05, 4.69) is 4.98 Å². The normalized spacial score (nSPS) is 10.5. The standard InChI is InChI=1S/C14H10Cl2F2N2O/c1-20(7-8-2-3-10(17)5-12(8)18)14(21)9-4-11(15)13(16)19-6-9/h2-6H,7H2,1H3. The number of halogens is 4. The minimum Gasteiger partial charge on any atom is -0.337 e. The molecule has 0 saturated carbocycles. The van der Waals surface area contributed by atoms with Crippen LogP contribution >= 0.6 is 23.2 Å². The fourth-order valence-corrected chi connectivity index (χ4v) is 2.01. The lowest BCUT2D eigenvalue weighted by Gasteiger charge is -2.17. The van der Waals surface area contributed by atoms with E-state index in [9.17, 15) is 13.6 Å². The average Bonchev–Trinajstić information content (AvgIpc) is 2.44. The van der Waals surface area contributed by atoms with Crippen molar-refractivity contribution in [3.8, 4) is 0 Å². The number of benzene rings is 1. The Labute approximate surface area is 130 Å². The second-order valence-corrected chi connectivity index (χ2v) is 5.16. The van der Waals surface area contributed by atoms with Crippen LogP contribution in [0.15, 0.2) is 30.5 Å². The number of carbonyl (C=O) groups is 1. The lowest BCUT2D eigenvalue weighted by atomic mass is 10.2. The number of carbonyl (C=O) groups excluding carboxylic acids is 1. The number of aromatic nitrogens is 1. The third-order valence-electron chi connectivity index (χ3n) is 2.81. The first-order chi connectivity index (χ1) is 9.88. The van der Waals surface area contributed by atoms with Gasteiger partial charge in [0.25, 0.3) is 5.91 Å². The molecule has 2 rings (SSSR count). The van der Waals surface area contributed by atoms with Crippen LogP contribution in [0, 0.1) is 11.6 Å². The van der Waals surface area contributed by atoms with E-state index in [1.807, 2.05) is 0 Å². The zero-order valence-corrected chi connectivity index (χ0v) is 12.4. The van der Waals surface area contributed by atoms with E-state index in [4.69, 9.17) is 23.2 Å². The Kier molecular flexibility index (Phi) is 4.75. The SMILES string of the molecule is CN(Cc1ccc(F)cc1F)C(=O)c1cnc(Cl)c(Cl)c1. The number of amides is 1. The molecule has 2 aromatic rings. The van der Waals surface area contributed by atoms with Crippen molar-refractivity contribution in [1.29, 1.82) is 0 Å². The van der Waals surface area contributed by atoms with Gasteiger partial charge in [0, 0.05) is 31.4 Å². The number of nitrogens with zero attached hydrogens (tertiary/aromatic N) is 2. The first-order valence-corrected chi connectivity index (χ1v) is 6.64. The van der Waals surface area contributed by atoms with Gasteiger partial charge in [-0.05, 0) is 12.1 Å². The molecule has 110 valence electrons. The summed E-state index contributed by atoms with van der Waals surface area (Å²) in [7, 11) is 1.49. The van der Waals surface area contributed by atoms with Crippen molar-refractivity contribution in [3.63, 3.8) is 0 Å². The Bertz CT molecular complexity index is 695. The third-order valence-corrected chi connectivity index (χ3v) is 3.50. The molecule has 1 aromatic heterocycles. The first-order valence-electron chi connectivity index (χ1n) is 5.89. The van der Waals surface area contributed by atoms with Crippen LogP contribution < -0.4 is 0 Å². The highest BCUT2D eigenvalue weighted by Gasteiger charge is 2.16. The van der Waals surface area contributed by atoms with Crippen LogP contribution in [0.1, 0.15) is 15.9 Å². The topological polar surface area (TPSA) is 33.2 Å². The van der Waals surface area contributed by atoms with E-state index in [0.717, 1.165) is 12.1 Å². The largest absolute Gasteiger partial charge is 0.337 e. The summed E-state index contributed by atoms with van der Waals surface area (Å²) in [6.07, 6.45) is 1.29. The van der Waals surface area contributed by atoms with E-state index in [-0.39, 0.29) is 27.8 Å². The second kappa shape index (κ2) is 6.37. The summed E-state index contributed by atoms with van der Waals surface area (Å²) < 4.78 is 26.4. The predicted octanol–water partition coefficient (Wildman–Crippen LogP) is 3.94. The molecule has 0 atom stereocenters. The molecular weight excluding hydrogens is 321 g/mol. The summed E-state index contributed by atoms with van der Waals surface area (Å²) in [5, 5.41) is 0.254. The molecule has 0 fully saturated rings. The molecule has 0 N–H and O–H groups in total. The van der Waals surface area contributed by atoms with E-state index < -0.39 is 17.5 Å². The molecule has 0 saturated heterocycles. The molecule has 0 aliphatic rings. The molecule has 21 heavy (non-hydrogen) atoms. The summed E-state index contributed by atoms with van der Waals surface area (Å²) in [6, 6.07) is 4.59. The summed E-state index contributed by atoms with van der Waals surface area (Å²) in [6.45, 7) is -0.00874. The minimum absolute atomic E-state index is 0.00874. The molecule has 0 spiro atoms. The van der Waals surface area contributed by atoms with Gasteiger partial charge in [-0.15, -0.1) is 0 Å². The maximum Gasteiger partial charge on any atom is 0.255 e. The maximum atomic E-state index is 13.6. The number of rotatable bonds is 3. The van der Waals surface area contributed by atoms with Crippen LogP contribution in [0.25, 0.3) is 0 Å². The van der Waals surface area contributed by atoms with Gasteiger partial charge in [0.2, 0.25) is 0 Å². The number of hydrogen-bond acceptors (Lipinski definition) is 2. The lowest BCUT2D eigenvalue weighted by molar-refractivity contribution is 0.0783. The number of pyridine rings is 1. The molecule has 0 radical (unpaired) electrons. The highest BCUT2D eigenvalue weighted by atomic mass is 35.5. The van der Waals surface area contributed by atoms with Gasteiger partial charge in [-0.3, -0.25) is 4.79 Å². The molecule has 7 heteroatoms. The van der Waals surface area contributed by atoms with E-state index in [1.165, 1.54) is 30.3 Å². The molecule has 0 aliphatic heterocycles. The fraction of sp³-hybridized carbons (Fsp3) is 0.143. The summed E-state index contributed by atoms with van der Waals surface area (Å²) in [4.78, 5) is 17.2. The minimum atomic E-state index is -0.707. The Morgan fingerprint density at radius 2 is 2.00 bits per heavy atom. The molecule has 1 heterocycles. The van der Waals surface area contributed by atoms with Crippen molar-refractivity contribution < 1.29 is 13.6 Å². The van der Waals surface area contributed by atoms with Gasteiger partial charge >= 0.3 is 0 Å². The quantitative estimate of drug-likeness (QED) is 0.798. The highest BCUT2D eigenvalue weighted by molar-refractivity contribution is 6.41.